The fraction of sp³-hybridized carbons (Fsp3) is 0.545. The Balaban J connectivity index is 2.81. The molecule has 96 valence electrons. The standard InChI is InChI=1S/C11H15F3N2O/c1-10(2,17)7-16(3)9-5-4-8(6-15-9)11(12,13)14/h4-6,17H,7H2,1-3H3. The minimum absolute atomic E-state index is 0.283. The predicted octanol–water partition coefficient (Wildman–Crippen LogP) is 2.31. The van der Waals surface area contributed by atoms with Gasteiger partial charge in [0, 0.05) is 19.8 Å². The summed E-state index contributed by atoms with van der Waals surface area (Å²) < 4.78 is 36.9. The molecule has 0 saturated heterocycles. The first-order valence-corrected chi connectivity index (χ1v) is 5.06. The largest absolute Gasteiger partial charge is 0.417 e. The van der Waals surface area contributed by atoms with Crippen LogP contribution in [-0.2, 0) is 6.18 Å². The molecule has 0 amide bonds. The van der Waals surface area contributed by atoms with Gasteiger partial charge in [-0.05, 0) is 26.0 Å². The maximum absolute atomic E-state index is 12.3. The van der Waals surface area contributed by atoms with E-state index in [9.17, 15) is 18.3 Å². The number of alkyl halides is 3. The zero-order chi connectivity index (χ0) is 13.3. The first kappa shape index (κ1) is 13.8. The molecule has 1 rings (SSSR count). The highest BCUT2D eigenvalue weighted by Crippen LogP contribution is 2.29. The molecule has 0 saturated carbocycles. The monoisotopic (exact) mass is 248 g/mol. The summed E-state index contributed by atoms with van der Waals surface area (Å²) in [7, 11) is 1.66. The highest BCUT2D eigenvalue weighted by molar-refractivity contribution is 5.39. The molecule has 0 atom stereocenters. The van der Waals surface area contributed by atoms with Gasteiger partial charge in [0.1, 0.15) is 5.82 Å². The van der Waals surface area contributed by atoms with Crippen molar-refractivity contribution in [3.8, 4) is 0 Å². The Morgan fingerprint density at radius 2 is 1.88 bits per heavy atom. The zero-order valence-corrected chi connectivity index (χ0v) is 9.91. The molecule has 6 heteroatoms. The highest BCUT2D eigenvalue weighted by atomic mass is 19.4. The molecule has 17 heavy (non-hydrogen) atoms. The van der Waals surface area contributed by atoms with Crippen molar-refractivity contribution < 1.29 is 18.3 Å². The lowest BCUT2D eigenvalue weighted by Gasteiger charge is -2.26. The van der Waals surface area contributed by atoms with Crippen LogP contribution >= 0.6 is 0 Å². The maximum Gasteiger partial charge on any atom is 0.417 e. The summed E-state index contributed by atoms with van der Waals surface area (Å²) in [5.41, 5.74) is -1.71. The van der Waals surface area contributed by atoms with Crippen molar-refractivity contribution >= 4 is 5.82 Å². The van der Waals surface area contributed by atoms with Crippen molar-refractivity contribution in [3.05, 3.63) is 23.9 Å². The molecule has 0 radical (unpaired) electrons. The van der Waals surface area contributed by atoms with Crippen LogP contribution in [0.25, 0.3) is 0 Å². The van der Waals surface area contributed by atoms with Gasteiger partial charge in [0.15, 0.2) is 0 Å². The van der Waals surface area contributed by atoms with Gasteiger partial charge in [0.05, 0.1) is 11.2 Å². The van der Waals surface area contributed by atoms with E-state index in [-0.39, 0.29) is 6.54 Å². The molecule has 0 aliphatic heterocycles. The van der Waals surface area contributed by atoms with Crippen LogP contribution in [0.2, 0.25) is 0 Å². The van der Waals surface area contributed by atoms with Gasteiger partial charge in [-0.15, -0.1) is 0 Å². The molecule has 0 aliphatic rings. The average molecular weight is 248 g/mol. The predicted molar refractivity (Wildman–Crippen MR) is 58.8 cm³/mol. The van der Waals surface area contributed by atoms with Gasteiger partial charge in [-0.2, -0.15) is 13.2 Å². The molecule has 0 aromatic carbocycles. The molecular weight excluding hydrogens is 233 g/mol. The topological polar surface area (TPSA) is 36.4 Å². The fourth-order valence-corrected chi connectivity index (χ4v) is 1.44. The normalized spacial score (nSPS) is 12.6. The maximum atomic E-state index is 12.3. The van der Waals surface area contributed by atoms with E-state index in [2.05, 4.69) is 4.98 Å². The van der Waals surface area contributed by atoms with Crippen LogP contribution in [0.3, 0.4) is 0 Å². The molecule has 3 nitrogen and oxygen atoms in total. The first-order chi connectivity index (χ1) is 7.59. The van der Waals surface area contributed by atoms with Crippen LogP contribution in [0.5, 0.6) is 0 Å². The third-order valence-corrected chi connectivity index (χ3v) is 2.09. The number of rotatable bonds is 3. The molecule has 0 unspecified atom stereocenters. The van der Waals surface area contributed by atoms with E-state index in [1.54, 1.807) is 25.8 Å². The summed E-state index contributed by atoms with van der Waals surface area (Å²) in [6.45, 7) is 3.52. The number of aromatic nitrogens is 1. The SMILES string of the molecule is CN(CC(C)(C)O)c1ccc(C(F)(F)F)cn1. The summed E-state index contributed by atoms with van der Waals surface area (Å²) in [6, 6.07) is 2.26. The van der Waals surface area contributed by atoms with Crippen LogP contribution in [0, 0.1) is 0 Å². The third-order valence-electron chi connectivity index (χ3n) is 2.09. The second kappa shape index (κ2) is 4.52. The van der Waals surface area contributed by atoms with Crippen molar-refractivity contribution in [1.29, 1.82) is 0 Å². The number of hydrogen-bond donors (Lipinski definition) is 1. The highest BCUT2D eigenvalue weighted by Gasteiger charge is 2.30. The molecule has 0 bridgehead atoms. The lowest BCUT2D eigenvalue weighted by molar-refractivity contribution is -0.137. The number of pyridine rings is 1. The van der Waals surface area contributed by atoms with Crippen LogP contribution in [-0.4, -0.2) is 29.3 Å². The van der Waals surface area contributed by atoms with E-state index in [0.29, 0.717) is 5.82 Å². The van der Waals surface area contributed by atoms with Crippen LogP contribution in [0.1, 0.15) is 19.4 Å². The number of aliphatic hydroxyl groups is 1. The second-order valence-electron chi connectivity index (χ2n) is 4.57. The Kier molecular flexibility index (Phi) is 3.66. The molecular formula is C11H15F3N2O. The zero-order valence-electron chi connectivity index (χ0n) is 9.91. The minimum Gasteiger partial charge on any atom is -0.389 e. The molecule has 1 aromatic rings. The minimum atomic E-state index is -4.37. The van der Waals surface area contributed by atoms with Crippen LogP contribution < -0.4 is 4.90 Å². The quantitative estimate of drug-likeness (QED) is 0.891. The number of halogens is 3. The van der Waals surface area contributed by atoms with Gasteiger partial charge in [0.2, 0.25) is 0 Å². The Morgan fingerprint density at radius 3 is 2.24 bits per heavy atom. The van der Waals surface area contributed by atoms with E-state index in [1.165, 1.54) is 6.07 Å². The second-order valence-corrected chi connectivity index (χ2v) is 4.57. The molecule has 1 heterocycles. The van der Waals surface area contributed by atoms with Crippen molar-refractivity contribution in [2.75, 3.05) is 18.5 Å². The van der Waals surface area contributed by atoms with Crippen LogP contribution in [0.15, 0.2) is 18.3 Å². The van der Waals surface area contributed by atoms with E-state index in [0.717, 1.165) is 12.3 Å². The average Bonchev–Trinajstić information content (AvgIpc) is 2.14. The number of hydrogen-bond acceptors (Lipinski definition) is 3. The number of nitrogens with zero attached hydrogens (tertiary/aromatic N) is 2. The molecule has 0 spiro atoms. The van der Waals surface area contributed by atoms with E-state index in [1.807, 2.05) is 0 Å². The Morgan fingerprint density at radius 1 is 1.29 bits per heavy atom. The van der Waals surface area contributed by atoms with Gasteiger partial charge < -0.3 is 10.0 Å². The fourth-order valence-electron chi connectivity index (χ4n) is 1.44. The summed E-state index contributed by atoms with van der Waals surface area (Å²) in [6.07, 6.45) is -3.59. The lowest BCUT2D eigenvalue weighted by atomic mass is 10.1. The summed E-state index contributed by atoms with van der Waals surface area (Å²) in [4.78, 5) is 5.32. The van der Waals surface area contributed by atoms with Gasteiger partial charge >= 0.3 is 6.18 Å². The molecule has 1 aromatic heterocycles. The smallest absolute Gasteiger partial charge is 0.389 e. The Bertz CT molecular complexity index is 368. The van der Waals surface area contributed by atoms with Crippen molar-refractivity contribution in [1.82, 2.24) is 4.98 Å². The summed E-state index contributed by atoms with van der Waals surface area (Å²) in [5, 5.41) is 9.58. The van der Waals surface area contributed by atoms with Crippen molar-refractivity contribution in [2.24, 2.45) is 0 Å². The molecule has 0 aliphatic carbocycles. The van der Waals surface area contributed by atoms with Gasteiger partial charge in [-0.3, -0.25) is 0 Å². The van der Waals surface area contributed by atoms with E-state index >= 15 is 0 Å². The first-order valence-electron chi connectivity index (χ1n) is 5.06. The van der Waals surface area contributed by atoms with Gasteiger partial charge in [0.25, 0.3) is 0 Å². The summed E-state index contributed by atoms with van der Waals surface area (Å²) in [5.74, 6) is 0.389. The third kappa shape index (κ3) is 4.22. The number of anilines is 1. The summed E-state index contributed by atoms with van der Waals surface area (Å²) >= 11 is 0. The Labute approximate surface area is 97.9 Å². The van der Waals surface area contributed by atoms with E-state index < -0.39 is 17.3 Å². The van der Waals surface area contributed by atoms with Gasteiger partial charge in [-0.25, -0.2) is 4.98 Å². The van der Waals surface area contributed by atoms with Crippen molar-refractivity contribution in [3.63, 3.8) is 0 Å². The van der Waals surface area contributed by atoms with Crippen LogP contribution in [0.4, 0.5) is 19.0 Å². The Hall–Kier alpha value is -1.30. The lowest BCUT2D eigenvalue weighted by Crippen LogP contribution is -2.36. The number of likely N-dealkylation sites (N-methyl/N-ethyl adjacent to an activating group) is 1. The van der Waals surface area contributed by atoms with Gasteiger partial charge in [-0.1, -0.05) is 0 Å². The van der Waals surface area contributed by atoms with Crippen molar-refractivity contribution in [2.45, 2.75) is 25.6 Å². The molecule has 1 N–H and O–H groups in total. The van der Waals surface area contributed by atoms with E-state index in [4.69, 9.17) is 0 Å². The molecule has 0 fully saturated rings.